The molecule has 0 aliphatic rings. The van der Waals surface area contributed by atoms with Crippen LogP contribution in [0.5, 0.6) is 0 Å². The fraction of sp³-hybridized carbons (Fsp3) is 0.316. The van der Waals surface area contributed by atoms with E-state index in [9.17, 15) is 9.18 Å². The topological polar surface area (TPSA) is 41.1 Å². The minimum absolute atomic E-state index is 0.200. The summed E-state index contributed by atoms with van der Waals surface area (Å²) in [5.74, 6) is -0.283. The van der Waals surface area contributed by atoms with E-state index in [1.54, 1.807) is 12.1 Å². The van der Waals surface area contributed by atoms with Crippen LogP contribution in [0.1, 0.15) is 43.5 Å². The Morgan fingerprint density at radius 3 is 2.13 bits per heavy atom. The van der Waals surface area contributed by atoms with E-state index in [4.69, 9.17) is 0 Å². The summed E-state index contributed by atoms with van der Waals surface area (Å²) in [5.41, 5.74) is 3.99. The van der Waals surface area contributed by atoms with E-state index in [-0.39, 0.29) is 17.9 Å². The van der Waals surface area contributed by atoms with Gasteiger partial charge >= 0.3 is 6.03 Å². The number of para-hydroxylation sites is 1. The van der Waals surface area contributed by atoms with Gasteiger partial charge in [0.05, 0.1) is 6.04 Å². The third-order valence-electron chi connectivity index (χ3n) is 3.95. The van der Waals surface area contributed by atoms with Gasteiger partial charge in [-0.1, -0.05) is 44.2 Å². The van der Waals surface area contributed by atoms with Crippen LogP contribution in [-0.4, -0.2) is 6.03 Å². The highest BCUT2D eigenvalue weighted by molar-refractivity contribution is 5.91. The average Bonchev–Trinajstić information content (AvgIpc) is 2.55. The van der Waals surface area contributed by atoms with E-state index in [0.717, 1.165) is 35.2 Å². The second-order valence-corrected chi connectivity index (χ2v) is 5.53. The van der Waals surface area contributed by atoms with E-state index < -0.39 is 0 Å². The molecule has 2 aromatic carbocycles. The van der Waals surface area contributed by atoms with Crippen LogP contribution < -0.4 is 10.6 Å². The van der Waals surface area contributed by atoms with Crippen molar-refractivity contribution < 1.29 is 9.18 Å². The lowest BCUT2D eigenvalue weighted by atomic mass is 10.0. The summed E-state index contributed by atoms with van der Waals surface area (Å²) in [4.78, 5) is 12.3. The van der Waals surface area contributed by atoms with Gasteiger partial charge in [-0.3, -0.25) is 0 Å². The zero-order valence-corrected chi connectivity index (χ0v) is 13.8. The monoisotopic (exact) mass is 314 g/mol. The average molecular weight is 314 g/mol. The predicted octanol–water partition coefficient (Wildman–Crippen LogP) is 4.83. The molecule has 0 bridgehead atoms. The maximum atomic E-state index is 13.0. The minimum Gasteiger partial charge on any atom is -0.331 e. The summed E-state index contributed by atoms with van der Waals surface area (Å²) in [6.45, 7) is 6.01. The molecule has 0 saturated carbocycles. The number of anilines is 1. The number of carbonyl (C=O) groups excluding carboxylic acids is 1. The minimum atomic E-state index is -0.283. The Bertz CT molecular complexity index is 645. The van der Waals surface area contributed by atoms with Crippen molar-refractivity contribution >= 4 is 11.7 Å². The molecule has 0 fully saturated rings. The molecule has 0 spiro atoms. The number of hydrogen-bond donors (Lipinski definition) is 2. The number of aryl methyl sites for hydroxylation is 2. The van der Waals surface area contributed by atoms with Crippen LogP contribution in [0.3, 0.4) is 0 Å². The number of amides is 2. The number of halogens is 1. The van der Waals surface area contributed by atoms with Gasteiger partial charge in [0, 0.05) is 5.69 Å². The Kier molecular flexibility index (Phi) is 5.74. The lowest BCUT2D eigenvalue weighted by molar-refractivity contribution is 0.249. The second kappa shape index (κ2) is 7.77. The molecule has 2 N–H and O–H groups in total. The molecule has 2 amide bonds. The van der Waals surface area contributed by atoms with Crippen molar-refractivity contribution in [2.75, 3.05) is 5.32 Å². The molecule has 3 nitrogen and oxygen atoms in total. The van der Waals surface area contributed by atoms with Crippen molar-refractivity contribution in [2.24, 2.45) is 0 Å². The molecule has 0 unspecified atom stereocenters. The van der Waals surface area contributed by atoms with Crippen molar-refractivity contribution in [1.82, 2.24) is 5.32 Å². The molecule has 0 aliphatic heterocycles. The highest BCUT2D eigenvalue weighted by atomic mass is 19.1. The van der Waals surface area contributed by atoms with E-state index >= 15 is 0 Å². The molecule has 2 rings (SSSR count). The number of nitrogens with one attached hydrogen (secondary N) is 2. The molecule has 0 radical (unpaired) electrons. The quantitative estimate of drug-likeness (QED) is 0.815. The van der Waals surface area contributed by atoms with Gasteiger partial charge < -0.3 is 10.6 Å². The first-order valence-electron chi connectivity index (χ1n) is 7.98. The third kappa shape index (κ3) is 4.31. The molecule has 23 heavy (non-hydrogen) atoms. The van der Waals surface area contributed by atoms with Crippen LogP contribution in [0.2, 0.25) is 0 Å². The van der Waals surface area contributed by atoms with Crippen LogP contribution in [0, 0.1) is 5.82 Å². The molecule has 0 saturated heterocycles. The Balaban J connectivity index is 2.09. The molecule has 1 atom stereocenters. The zero-order valence-electron chi connectivity index (χ0n) is 13.8. The van der Waals surface area contributed by atoms with Crippen LogP contribution in [0.4, 0.5) is 14.9 Å². The summed E-state index contributed by atoms with van der Waals surface area (Å²) < 4.78 is 13.0. The normalized spacial score (nSPS) is 11.8. The number of carbonyl (C=O) groups is 1. The summed E-state index contributed by atoms with van der Waals surface area (Å²) in [6.07, 6.45) is 1.72. The van der Waals surface area contributed by atoms with Crippen molar-refractivity contribution in [3.63, 3.8) is 0 Å². The maximum absolute atomic E-state index is 13.0. The Labute approximate surface area is 136 Å². The lowest BCUT2D eigenvalue weighted by Gasteiger charge is -2.18. The molecular formula is C19H23FN2O. The fourth-order valence-electron chi connectivity index (χ4n) is 2.58. The van der Waals surface area contributed by atoms with Gasteiger partial charge in [-0.25, -0.2) is 9.18 Å². The maximum Gasteiger partial charge on any atom is 0.319 e. The summed E-state index contributed by atoms with van der Waals surface area (Å²) in [5, 5.41) is 5.86. The molecule has 4 heteroatoms. The van der Waals surface area contributed by atoms with Gasteiger partial charge in [-0.15, -0.1) is 0 Å². The van der Waals surface area contributed by atoms with E-state index in [0.29, 0.717) is 0 Å². The summed E-state index contributed by atoms with van der Waals surface area (Å²) in [6, 6.07) is 11.8. The zero-order chi connectivity index (χ0) is 16.8. The smallest absolute Gasteiger partial charge is 0.319 e. The highest BCUT2D eigenvalue weighted by Crippen LogP contribution is 2.23. The van der Waals surface area contributed by atoms with E-state index in [2.05, 4.69) is 24.5 Å². The lowest BCUT2D eigenvalue weighted by Crippen LogP contribution is -2.31. The Morgan fingerprint density at radius 2 is 1.61 bits per heavy atom. The number of urea groups is 1. The van der Waals surface area contributed by atoms with Crippen LogP contribution in [-0.2, 0) is 12.8 Å². The van der Waals surface area contributed by atoms with Crippen molar-refractivity contribution in [1.29, 1.82) is 0 Å². The van der Waals surface area contributed by atoms with Gasteiger partial charge in [-0.05, 0) is 48.6 Å². The van der Waals surface area contributed by atoms with E-state index in [1.165, 1.54) is 12.1 Å². The van der Waals surface area contributed by atoms with Crippen LogP contribution in [0.25, 0.3) is 0 Å². The molecule has 0 aromatic heterocycles. The van der Waals surface area contributed by atoms with Gasteiger partial charge in [0.25, 0.3) is 0 Å². The standard InChI is InChI=1S/C19H23FN2O/c1-4-14-7-6-8-15(5-2)18(14)22-19(23)21-13(3)16-9-11-17(20)12-10-16/h6-13H,4-5H2,1-3H3,(H2,21,22,23)/t13-/m1/s1. The number of benzene rings is 2. The van der Waals surface area contributed by atoms with Gasteiger partial charge in [-0.2, -0.15) is 0 Å². The van der Waals surface area contributed by atoms with Gasteiger partial charge in [0.2, 0.25) is 0 Å². The number of rotatable bonds is 5. The first kappa shape index (κ1) is 17.0. The largest absolute Gasteiger partial charge is 0.331 e. The SMILES string of the molecule is CCc1cccc(CC)c1NC(=O)N[C@H](C)c1ccc(F)cc1. The fourth-order valence-corrected chi connectivity index (χ4v) is 2.58. The van der Waals surface area contributed by atoms with Crippen molar-refractivity contribution in [3.8, 4) is 0 Å². The Hall–Kier alpha value is -2.36. The first-order chi connectivity index (χ1) is 11.0. The van der Waals surface area contributed by atoms with Gasteiger partial charge in [0.1, 0.15) is 5.82 Å². The molecule has 2 aromatic rings. The van der Waals surface area contributed by atoms with E-state index in [1.807, 2.05) is 25.1 Å². The second-order valence-electron chi connectivity index (χ2n) is 5.53. The molecule has 0 heterocycles. The summed E-state index contributed by atoms with van der Waals surface area (Å²) in [7, 11) is 0. The van der Waals surface area contributed by atoms with Crippen LogP contribution in [0.15, 0.2) is 42.5 Å². The highest BCUT2D eigenvalue weighted by Gasteiger charge is 2.13. The summed E-state index contributed by atoms with van der Waals surface area (Å²) >= 11 is 0. The Morgan fingerprint density at radius 1 is 1.04 bits per heavy atom. The van der Waals surface area contributed by atoms with Crippen molar-refractivity contribution in [2.45, 2.75) is 39.7 Å². The first-order valence-corrected chi connectivity index (χ1v) is 7.98. The van der Waals surface area contributed by atoms with Crippen LogP contribution >= 0.6 is 0 Å². The van der Waals surface area contributed by atoms with Crippen molar-refractivity contribution in [3.05, 3.63) is 65.0 Å². The third-order valence-corrected chi connectivity index (χ3v) is 3.95. The molecule has 122 valence electrons. The molecule has 0 aliphatic carbocycles. The van der Waals surface area contributed by atoms with Gasteiger partial charge in [0.15, 0.2) is 0 Å². The predicted molar refractivity (Wildman–Crippen MR) is 92.2 cm³/mol. The molecular weight excluding hydrogens is 291 g/mol. The number of hydrogen-bond acceptors (Lipinski definition) is 1.